The zero-order valence-electron chi connectivity index (χ0n) is 4.66. The van der Waals surface area contributed by atoms with Gasteiger partial charge in [0.1, 0.15) is 4.33 Å². The molecule has 0 atom stereocenters. The first-order valence-corrected chi connectivity index (χ1v) is 4.54. The maximum absolute atomic E-state index is 10.2. The van der Waals surface area contributed by atoms with Gasteiger partial charge in [-0.2, -0.15) is 8.42 Å². The van der Waals surface area contributed by atoms with Crippen molar-refractivity contribution in [2.24, 2.45) is 0 Å². The van der Waals surface area contributed by atoms with E-state index in [-0.39, 0.29) is 0 Å². The molecule has 0 aromatic carbocycles. The summed E-state index contributed by atoms with van der Waals surface area (Å²) in [7, 11) is -5.49. The van der Waals surface area contributed by atoms with Gasteiger partial charge in [-0.05, 0) is 0 Å². The highest BCUT2D eigenvalue weighted by Crippen LogP contribution is 2.13. The minimum Gasteiger partial charge on any atom is -0.449 e. The summed E-state index contributed by atoms with van der Waals surface area (Å²) in [5, 5.41) is 17.2. The molecule has 11 heavy (non-hydrogen) atoms. The van der Waals surface area contributed by atoms with Gasteiger partial charge < -0.3 is 5.11 Å². The predicted octanol–water partition coefficient (Wildman–Crippen LogP) is -0.149. The molecule has 0 heterocycles. The van der Waals surface area contributed by atoms with Crippen molar-refractivity contribution in [2.45, 2.75) is 0 Å². The molecule has 0 aliphatic heterocycles. The second kappa shape index (κ2) is 3.39. The van der Waals surface area contributed by atoms with Crippen molar-refractivity contribution in [1.82, 2.24) is 0 Å². The van der Waals surface area contributed by atoms with Gasteiger partial charge in [-0.1, -0.05) is 0 Å². The van der Waals surface area contributed by atoms with Crippen LogP contribution in [0, 0.1) is 10.1 Å². The quantitative estimate of drug-likeness (QED) is 0.290. The number of carbonyl (C=O) groups is 1. The van der Waals surface area contributed by atoms with E-state index in [1.54, 1.807) is 0 Å². The van der Waals surface area contributed by atoms with E-state index in [1.807, 2.05) is 0 Å². The lowest BCUT2D eigenvalue weighted by Gasteiger charge is -1.91. The molecule has 64 valence electrons. The molecular weight excluding hydrogens is 202 g/mol. The fourth-order valence-corrected chi connectivity index (χ4v) is 1.24. The molecule has 0 aromatic rings. The summed E-state index contributed by atoms with van der Waals surface area (Å²) in [4.78, 5) is 19.1. The fraction of sp³-hybridized carbons (Fsp3) is 0. The summed E-state index contributed by atoms with van der Waals surface area (Å²) < 4.78 is 22.2. The third-order valence-corrected chi connectivity index (χ3v) is 2.09. The minimum absolute atomic E-state index is 0.824. The maximum atomic E-state index is 10.2. The number of rotatable bonds is 3. The molecule has 0 aliphatic rings. The number of carboxylic acid groups (broad SMARTS) is 1. The van der Waals surface area contributed by atoms with Crippen LogP contribution in [0.4, 0.5) is 4.79 Å². The Morgan fingerprint density at radius 1 is 1.64 bits per heavy atom. The Morgan fingerprint density at radius 2 is 2.09 bits per heavy atom. The van der Waals surface area contributed by atoms with Gasteiger partial charge in [0.2, 0.25) is 0 Å². The monoisotopic (exact) mass is 203 g/mol. The van der Waals surface area contributed by atoms with Crippen molar-refractivity contribution in [3.05, 3.63) is 10.1 Å². The molecule has 0 unspecified atom stereocenters. The number of nitrogens with zero attached hydrogens (tertiary/aromatic N) is 1. The van der Waals surface area contributed by atoms with E-state index in [9.17, 15) is 23.3 Å². The standard InChI is InChI=1S/CHNO7S2/c3-1(4)9-11(7,8)10-2(5)6/h(H,3,4). The van der Waals surface area contributed by atoms with Crippen LogP contribution in [0.2, 0.25) is 0 Å². The molecule has 0 aromatic heterocycles. The lowest BCUT2D eigenvalue weighted by atomic mass is 11.5. The Bertz CT molecular complexity index is 242. The number of nitro groups is 1. The van der Waals surface area contributed by atoms with E-state index in [0.29, 0.717) is 0 Å². The van der Waals surface area contributed by atoms with E-state index in [4.69, 9.17) is 5.11 Å². The van der Waals surface area contributed by atoms with Crippen molar-refractivity contribution in [3.63, 3.8) is 0 Å². The van der Waals surface area contributed by atoms with E-state index < -0.39 is 30.6 Å². The summed E-state index contributed by atoms with van der Waals surface area (Å²) in [6.45, 7) is 0. The Morgan fingerprint density at radius 3 is 2.36 bits per heavy atom. The Labute approximate surface area is 64.0 Å². The average molecular weight is 203 g/mol. The first-order valence-electron chi connectivity index (χ1n) is 1.85. The third kappa shape index (κ3) is 5.42. The molecule has 0 rings (SSSR count). The van der Waals surface area contributed by atoms with Crippen molar-refractivity contribution >= 4 is 26.3 Å². The first kappa shape index (κ1) is 9.97. The van der Waals surface area contributed by atoms with Crippen LogP contribution in [-0.4, -0.2) is 24.0 Å². The second-order valence-electron chi connectivity index (χ2n) is 1.06. The molecule has 0 aliphatic carbocycles. The van der Waals surface area contributed by atoms with Gasteiger partial charge in [-0.3, -0.25) is 4.18 Å². The summed E-state index contributed by atoms with van der Waals surface area (Å²) in [6.07, 6.45) is -2.11. The minimum atomic E-state index is -4.66. The highest BCUT2D eigenvalue weighted by molar-refractivity contribution is 8.67. The molecule has 0 bridgehead atoms. The normalized spacial score (nSPS) is 10.5. The van der Waals surface area contributed by atoms with Gasteiger partial charge in [-0.15, -0.1) is 0 Å². The molecule has 0 spiro atoms. The highest BCUT2D eigenvalue weighted by atomic mass is 33.2. The Kier molecular flexibility index (Phi) is 3.07. The molecule has 0 amide bonds. The van der Waals surface area contributed by atoms with Gasteiger partial charge in [0.25, 0.3) is 0 Å². The average Bonchev–Trinajstić information content (AvgIpc) is 1.53. The number of hydrogen-bond donors (Lipinski definition) is 1. The summed E-state index contributed by atoms with van der Waals surface area (Å²) in [6, 6.07) is 0. The summed E-state index contributed by atoms with van der Waals surface area (Å²) in [5.74, 6) is 0. The third-order valence-electron chi connectivity index (χ3n) is 0.325. The van der Waals surface area contributed by atoms with Crippen molar-refractivity contribution in [3.8, 4) is 0 Å². The SMILES string of the molecule is O=C(O)OS(=O)(=O)S[N+](=O)[O-]. The van der Waals surface area contributed by atoms with Crippen molar-refractivity contribution in [2.75, 3.05) is 0 Å². The second-order valence-corrected chi connectivity index (χ2v) is 4.16. The van der Waals surface area contributed by atoms with Crippen molar-refractivity contribution < 1.29 is 26.8 Å². The fourth-order valence-electron chi connectivity index (χ4n) is 0.177. The highest BCUT2D eigenvalue weighted by Gasteiger charge is 2.27. The lowest BCUT2D eigenvalue weighted by Crippen LogP contribution is -2.08. The van der Waals surface area contributed by atoms with Gasteiger partial charge in [0, 0.05) is 0 Å². The maximum Gasteiger partial charge on any atom is 0.522 e. The zero-order chi connectivity index (χ0) is 9.07. The summed E-state index contributed by atoms with van der Waals surface area (Å²) >= 11 is 0. The molecule has 0 radical (unpaired) electrons. The van der Waals surface area contributed by atoms with Crippen LogP contribution < -0.4 is 0 Å². The van der Waals surface area contributed by atoms with Crippen LogP contribution in [0.25, 0.3) is 0 Å². The van der Waals surface area contributed by atoms with Gasteiger partial charge in [0.15, 0.2) is 0 Å². The van der Waals surface area contributed by atoms with E-state index in [2.05, 4.69) is 4.18 Å². The molecule has 10 heteroatoms. The molecule has 0 saturated carbocycles. The molecule has 1 N–H and O–H groups in total. The van der Waals surface area contributed by atoms with Gasteiger partial charge in [0.05, 0.1) is 0 Å². The molecule has 0 saturated heterocycles. The van der Waals surface area contributed by atoms with Crippen LogP contribution in [-0.2, 0) is 13.3 Å². The van der Waals surface area contributed by atoms with Crippen LogP contribution in [0.3, 0.4) is 0 Å². The largest absolute Gasteiger partial charge is 0.522 e. The molecular formula is CHNO7S2. The van der Waals surface area contributed by atoms with Crippen LogP contribution in [0.15, 0.2) is 0 Å². The topological polar surface area (TPSA) is 124 Å². The zero-order valence-corrected chi connectivity index (χ0v) is 6.29. The molecule has 0 fully saturated rings. The predicted molar refractivity (Wildman–Crippen MR) is 32.6 cm³/mol. The smallest absolute Gasteiger partial charge is 0.449 e. The van der Waals surface area contributed by atoms with E-state index in [0.717, 1.165) is 0 Å². The van der Waals surface area contributed by atoms with Gasteiger partial charge >= 0.3 is 26.3 Å². The van der Waals surface area contributed by atoms with Crippen molar-refractivity contribution in [1.29, 1.82) is 0 Å². The van der Waals surface area contributed by atoms with Crippen LogP contribution in [0.5, 0.6) is 0 Å². The molecule has 8 nitrogen and oxygen atoms in total. The van der Waals surface area contributed by atoms with E-state index in [1.165, 1.54) is 0 Å². The van der Waals surface area contributed by atoms with Crippen LogP contribution >= 0.6 is 11.0 Å². The lowest BCUT2D eigenvalue weighted by molar-refractivity contribution is -0.281. The summed E-state index contributed by atoms with van der Waals surface area (Å²) in [5.41, 5.74) is 0. The van der Waals surface area contributed by atoms with Gasteiger partial charge in [-0.25, -0.2) is 14.9 Å². The Balaban J connectivity index is 4.25. The number of hydrogen-bond acceptors (Lipinski definition) is 7. The first-order chi connectivity index (χ1) is 4.83. The van der Waals surface area contributed by atoms with Crippen LogP contribution in [0.1, 0.15) is 0 Å². The van der Waals surface area contributed by atoms with E-state index >= 15 is 0 Å². The Hall–Kier alpha value is -1.03.